The minimum atomic E-state index is -3.57. The lowest BCUT2D eigenvalue weighted by molar-refractivity contribution is -0.136. The summed E-state index contributed by atoms with van der Waals surface area (Å²) < 4.78 is 26.0. The summed E-state index contributed by atoms with van der Waals surface area (Å²) in [6.45, 7) is 0. The van der Waals surface area contributed by atoms with Gasteiger partial charge in [0.1, 0.15) is 5.69 Å². The molecular weight excluding hydrogens is 200 g/mol. The molecule has 1 aromatic heterocycles. The second-order valence-electron chi connectivity index (χ2n) is 2.36. The molecule has 0 unspecified atom stereocenters. The first-order chi connectivity index (χ1) is 5.91. The molecule has 72 valence electrons. The van der Waals surface area contributed by atoms with Crippen LogP contribution in [0, 0.1) is 0 Å². The van der Waals surface area contributed by atoms with Crippen molar-refractivity contribution in [3.05, 3.63) is 5.69 Å². The Labute approximate surface area is 73.2 Å². The molecule has 0 spiro atoms. The van der Waals surface area contributed by atoms with Crippen LogP contribution in [0.1, 0.15) is 5.69 Å². The molecule has 0 aromatic carbocycles. The third kappa shape index (κ3) is 2.25. The van der Waals surface area contributed by atoms with Gasteiger partial charge in [-0.2, -0.15) is 0 Å². The summed E-state index contributed by atoms with van der Waals surface area (Å²) in [6.07, 6.45) is 0.379. The first-order valence-electron chi connectivity index (χ1n) is 3.14. The minimum absolute atomic E-state index is 0.185. The molecule has 0 saturated heterocycles. The third-order valence-corrected chi connectivity index (χ3v) is 2.20. The van der Waals surface area contributed by atoms with Crippen molar-refractivity contribution in [3.8, 4) is 0 Å². The molecule has 1 heterocycles. The maximum absolute atomic E-state index is 10.9. The van der Waals surface area contributed by atoms with Gasteiger partial charge in [0.2, 0.25) is 5.03 Å². The topological polar surface area (TPSA) is 110 Å². The Morgan fingerprint density at radius 3 is 2.62 bits per heavy atom. The van der Waals surface area contributed by atoms with Crippen molar-refractivity contribution in [1.82, 2.24) is 10.3 Å². The molecular formula is C5H6N2O5S. The average molecular weight is 206 g/mol. The van der Waals surface area contributed by atoms with E-state index in [1.807, 2.05) is 0 Å². The summed E-state index contributed by atoms with van der Waals surface area (Å²) in [5.41, 5.74) is -0.185. The van der Waals surface area contributed by atoms with E-state index in [1.165, 1.54) is 0 Å². The van der Waals surface area contributed by atoms with Gasteiger partial charge in [0.25, 0.3) is 0 Å². The number of sulfone groups is 1. The Morgan fingerprint density at radius 2 is 2.15 bits per heavy atom. The van der Waals surface area contributed by atoms with Gasteiger partial charge in [-0.1, -0.05) is 5.16 Å². The van der Waals surface area contributed by atoms with Gasteiger partial charge in [-0.15, -0.1) is 0 Å². The normalized spacial score (nSPS) is 11.5. The van der Waals surface area contributed by atoms with Crippen molar-refractivity contribution >= 4 is 15.8 Å². The van der Waals surface area contributed by atoms with Gasteiger partial charge in [-0.05, 0) is 5.16 Å². The fourth-order valence-corrected chi connectivity index (χ4v) is 1.44. The minimum Gasteiger partial charge on any atom is -0.481 e. The summed E-state index contributed by atoms with van der Waals surface area (Å²) in [5, 5.41) is 14.2. The molecule has 0 bridgehead atoms. The maximum Gasteiger partial charge on any atom is 0.309 e. The number of rotatable bonds is 3. The predicted molar refractivity (Wildman–Crippen MR) is 38.7 cm³/mol. The summed E-state index contributed by atoms with van der Waals surface area (Å²) in [5.74, 6) is -1.19. The zero-order chi connectivity index (χ0) is 10.1. The van der Waals surface area contributed by atoms with E-state index in [2.05, 4.69) is 14.9 Å². The highest BCUT2D eigenvalue weighted by atomic mass is 32.2. The van der Waals surface area contributed by atoms with E-state index in [0.717, 1.165) is 6.26 Å². The summed E-state index contributed by atoms with van der Waals surface area (Å²) in [4.78, 5) is 10.2. The number of hydrogen-bond donors (Lipinski definition) is 1. The lowest BCUT2D eigenvalue weighted by Crippen LogP contribution is -2.07. The Hall–Kier alpha value is -1.44. The first-order valence-corrected chi connectivity index (χ1v) is 5.03. The number of carbonyl (C=O) groups is 1. The number of carboxylic acid groups (broad SMARTS) is 1. The van der Waals surface area contributed by atoms with Crippen LogP contribution >= 0.6 is 0 Å². The van der Waals surface area contributed by atoms with E-state index >= 15 is 0 Å². The molecule has 0 aliphatic heterocycles. The van der Waals surface area contributed by atoms with Crippen molar-refractivity contribution in [3.63, 3.8) is 0 Å². The maximum atomic E-state index is 10.9. The van der Waals surface area contributed by atoms with Crippen LogP contribution in [-0.4, -0.2) is 36.1 Å². The Balaban J connectivity index is 3.11. The van der Waals surface area contributed by atoms with Gasteiger partial charge in [0.15, 0.2) is 9.84 Å². The number of carboxylic acids is 1. The van der Waals surface area contributed by atoms with Crippen molar-refractivity contribution in [1.29, 1.82) is 0 Å². The highest BCUT2D eigenvalue weighted by Crippen LogP contribution is 2.10. The van der Waals surface area contributed by atoms with Crippen LogP contribution in [-0.2, 0) is 21.1 Å². The molecule has 0 fully saturated rings. The number of nitrogens with zero attached hydrogens (tertiary/aromatic N) is 2. The van der Waals surface area contributed by atoms with Gasteiger partial charge in [0.05, 0.1) is 6.42 Å². The van der Waals surface area contributed by atoms with Crippen LogP contribution in [0.4, 0.5) is 0 Å². The van der Waals surface area contributed by atoms with Gasteiger partial charge in [-0.3, -0.25) is 4.79 Å². The van der Waals surface area contributed by atoms with Crippen LogP contribution in [0.2, 0.25) is 0 Å². The second-order valence-corrected chi connectivity index (χ2v) is 4.29. The zero-order valence-electron chi connectivity index (χ0n) is 6.59. The van der Waals surface area contributed by atoms with Crippen molar-refractivity contribution in [2.75, 3.05) is 6.26 Å². The molecule has 1 rings (SSSR count). The molecule has 0 atom stereocenters. The van der Waals surface area contributed by atoms with Gasteiger partial charge >= 0.3 is 5.97 Å². The quantitative estimate of drug-likeness (QED) is 0.682. The third-order valence-electron chi connectivity index (χ3n) is 1.19. The van der Waals surface area contributed by atoms with Crippen LogP contribution in [0.25, 0.3) is 0 Å². The molecule has 7 nitrogen and oxygen atoms in total. The predicted octanol–water partition coefficient (Wildman–Crippen LogP) is -0.900. The number of aromatic nitrogens is 2. The van der Waals surface area contributed by atoms with E-state index in [9.17, 15) is 13.2 Å². The molecule has 0 aliphatic rings. The lowest BCUT2D eigenvalue weighted by atomic mass is 10.3. The largest absolute Gasteiger partial charge is 0.481 e. The van der Waals surface area contributed by atoms with Gasteiger partial charge in [-0.25, -0.2) is 13.0 Å². The smallest absolute Gasteiger partial charge is 0.309 e. The number of hydrogen-bond acceptors (Lipinski definition) is 6. The zero-order valence-corrected chi connectivity index (χ0v) is 7.41. The second kappa shape index (κ2) is 3.13. The summed E-state index contributed by atoms with van der Waals surface area (Å²) in [7, 11) is -3.57. The fraction of sp³-hybridized carbons (Fsp3) is 0.400. The molecule has 0 radical (unpaired) electrons. The highest BCUT2D eigenvalue weighted by Gasteiger charge is 2.21. The van der Waals surface area contributed by atoms with Crippen LogP contribution in [0.5, 0.6) is 0 Å². The van der Waals surface area contributed by atoms with E-state index in [0.29, 0.717) is 0 Å². The van der Waals surface area contributed by atoms with Gasteiger partial charge < -0.3 is 5.11 Å². The molecule has 13 heavy (non-hydrogen) atoms. The molecule has 1 N–H and O–H groups in total. The summed E-state index contributed by atoms with van der Waals surface area (Å²) in [6, 6.07) is 0. The fourth-order valence-electron chi connectivity index (χ4n) is 0.731. The molecule has 0 aliphatic carbocycles. The number of aliphatic carboxylic acids is 1. The van der Waals surface area contributed by atoms with Crippen LogP contribution in [0.3, 0.4) is 0 Å². The molecule has 0 amide bonds. The SMILES string of the molecule is CS(=O)(=O)c1nonc1CC(=O)O. The van der Waals surface area contributed by atoms with Crippen LogP contribution < -0.4 is 0 Å². The van der Waals surface area contributed by atoms with Gasteiger partial charge in [0, 0.05) is 6.26 Å². The molecule has 1 aromatic rings. The molecule has 0 saturated carbocycles. The van der Waals surface area contributed by atoms with Crippen molar-refractivity contribution in [2.24, 2.45) is 0 Å². The Morgan fingerprint density at radius 1 is 1.54 bits per heavy atom. The Bertz CT molecular complexity index is 420. The standard InChI is InChI=1S/C5H6N2O5S/c1-13(10,11)5-3(2-4(8)9)6-12-7-5/h2H2,1H3,(H,8,9). The highest BCUT2D eigenvalue weighted by molar-refractivity contribution is 7.90. The van der Waals surface area contributed by atoms with Crippen LogP contribution in [0.15, 0.2) is 9.65 Å². The average Bonchev–Trinajstić information content (AvgIpc) is 2.31. The van der Waals surface area contributed by atoms with Crippen molar-refractivity contribution < 1.29 is 22.9 Å². The lowest BCUT2D eigenvalue weighted by Gasteiger charge is -1.91. The van der Waals surface area contributed by atoms with E-state index in [-0.39, 0.29) is 5.69 Å². The monoisotopic (exact) mass is 206 g/mol. The van der Waals surface area contributed by atoms with E-state index in [1.54, 1.807) is 0 Å². The van der Waals surface area contributed by atoms with E-state index < -0.39 is 27.3 Å². The van der Waals surface area contributed by atoms with E-state index in [4.69, 9.17) is 5.11 Å². The Kier molecular flexibility index (Phi) is 2.32. The first kappa shape index (κ1) is 9.65. The molecule has 8 heteroatoms. The summed E-state index contributed by atoms with van der Waals surface area (Å²) >= 11 is 0. The van der Waals surface area contributed by atoms with Crippen molar-refractivity contribution in [2.45, 2.75) is 11.4 Å².